The molecule has 0 aliphatic carbocycles. The van der Waals surface area contributed by atoms with Crippen LogP contribution >= 0.6 is 23.4 Å². The van der Waals surface area contributed by atoms with E-state index in [4.69, 9.17) is 22.0 Å². The third kappa shape index (κ3) is 3.38. The van der Waals surface area contributed by atoms with Crippen molar-refractivity contribution in [3.63, 3.8) is 0 Å². The fraction of sp³-hybridized carbons (Fsp3) is 0.214. The summed E-state index contributed by atoms with van der Waals surface area (Å²) < 4.78 is 1.83. The summed E-state index contributed by atoms with van der Waals surface area (Å²) in [5, 5.41) is 18.7. The van der Waals surface area contributed by atoms with Crippen LogP contribution in [-0.2, 0) is 11.2 Å². The van der Waals surface area contributed by atoms with Gasteiger partial charge in [0.05, 0.1) is 28.1 Å². The van der Waals surface area contributed by atoms with Crippen molar-refractivity contribution >= 4 is 29.3 Å². The first-order valence-corrected chi connectivity index (χ1v) is 7.54. The molecule has 1 heterocycles. The van der Waals surface area contributed by atoms with Crippen molar-refractivity contribution in [3.05, 3.63) is 40.7 Å². The Kier molecular flexibility index (Phi) is 4.89. The van der Waals surface area contributed by atoms with Crippen LogP contribution < -0.4 is 0 Å². The minimum Gasteiger partial charge on any atom is -0.481 e. The molecule has 108 valence electrons. The first-order chi connectivity index (χ1) is 10.1. The molecule has 1 aromatic carbocycles. The summed E-state index contributed by atoms with van der Waals surface area (Å²) in [6.45, 7) is 1.98. The second-order valence-electron chi connectivity index (χ2n) is 4.18. The van der Waals surface area contributed by atoms with Gasteiger partial charge in [-0.1, -0.05) is 30.3 Å². The summed E-state index contributed by atoms with van der Waals surface area (Å²) in [4.78, 5) is 15.0. The van der Waals surface area contributed by atoms with E-state index < -0.39 is 5.97 Å². The van der Waals surface area contributed by atoms with Gasteiger partial charge in [-0.25, -0.2) is 4.98 Å². The van der Waals surface area contributed by atoms with Crippen LogP contribution in [0.4, 0.5) is 0 Å². The summed E-state index contributed by atoms with van der Waals surface area (Å²) in [7, 11) is 0. The van der Waals surface area contributed by atoms with Gasteiger partial charge in [0.1, 0.15) is 0 Å². The quantitative estimate of drug-likeness (QED) is 0.856. The van der Waals surface area contributed by atoms with Crippen LogP contribution in [0.25, 0.3) is 5.69 Å². The van der Waals surface area contributed by atoms with E-state index in [0.717, 1.165) is 23.9 Å². The number of thioether (sulfide) groups is 1. The minimum absolute atomic E-state index is 0.0753. The van der Waals surface area contributed by atoms with E-state index in [2.05, 4.69) is 4.98 Å². The predicted octanol–water partition coefficient (Wildman–Crippen LogP) is 3.14. The van der Waals surface area contributed by atoms with Gasteiger partial charge in [0, 0.05) is 11.9 Å². The zero-order chi connectivity index (χ0) is 15.4. The molecule has 0 atom stereocenters. The number of nitrogens with zero attached hydrogens (tertiary/aromatic N) is 3. The van der Waals surface area contributed by atoms with E-state index in [-0.39, 0.29) is 5.75 Å². The number of halogens is 1. The molecule has 0 unspecified atom stereocenters. The number of hydrogen-bond donors (Lipinski definition) is 1. The maximum absolute atomic E-state index is 10.7. The number of aliphatic carboxylic acids is 1. The summed E-state index contributed by atoms with van der Waals surface area (Å²) in [6.07, 6.45) is 2.44. The van der Waals surface area contributed by atoms with E-state index >= 15 is 0 Å². The Bertz CT molecular complexity index is 721. The maximum Gasteiger partial charge on any atom is 0.313 e. The van der Waals surface area contributed by atoms with Gasteiger partial charge in [0.15, 0.2) is 5.16 Å². The van der Waals surface area contributed by atoms with Crippen LogP contribution in [0.2, 0.25) is 5.02 Å². The molecule has 0 aliphatic rings. The first kappa shape index (κ1) is 15.4. The molecule has 0 bridgehead atoms. The average Bonchev–Trinajstić information content (AvgIpc) is 2.87. The third-order valence-corrected chi connectivity index (χ3v) is 4.05. The monoisotopic (exact) mass is 321 g/mol. The van der Waals surface area contributed by atoms with Crippen molar-refractivity contribution in [2.45, 2.75) is 18.5 Å². The molecule has 1 N–H and O–H groups in total. The molecule has 2 aromatic rings. The van der Waals surface area contributed by atoms with Crippen LogP contribution in [0.3, 0.4) is 0 Å². The van der Waals surface area contributed by atoms with Gasteiger partial charge in [-0.3, -0.25) is 9.36 Å². The van der Waals surface area contributed by atoms with Gasteiger partial charge < -0.3 is 5.11 Å². The van der Waals surface area contributed by atoms with Gasteiger partial charge in [0.2, 0.25) is 0 Å². The number of carboxylic acid groups (broad SMARTS) is 1. The van der Waals surface area contributed by atoms with Crippen molar-refractivity contribution in [3.8, 4) is 11.8 Å². The van der Waals surface area contributed by atoms with Crippen LogP contribution in [-0.4, -0.2) is 26.4 Å². The van der Waals surface area contributed by atoms with Crippen molar-refractivity contribution in [1.82, 2.24) is 9.55 Å². The number of carbonyl (C=O) groups is 1. The molecule has 21 heavy (non-hydrogen) atoms. The normalized spacial score (nSPS) is 10.3. The summed E-state index contributed by atoms with van der Waals surface area (Å²) in [5.41, 5.74) is 2.09. The number of rotatable bonds is 5. The highest BCUT2D eigenvalue weighted by Gasteiger charge is 2.15. The summed E-state index contributed by atoms with van der Waals surface area (Å²) in [5.74, 6) is -0.979. The fourth-order valence-electron chi connectivity index (χ4n) is 1.86. The topological polar surface area (TPSA) is 78.9 Å². The second-order valence-corrected chi connectivity index (χ2v) is 5.53. The Hall–Kier alpha value is -1.97. The molecule has 2 rings (SSSR count). The molecule has 7 heteroatoms. The van der Waals surface area contributed by atoms with Gasteiger partial charge >= 0.3 is 5.97 Å². The number of nitriles is 1. The summed E-state index contributed by atoms with van der Waals surface area (Å²) in [6, 6.07) is 7.03. The van der Waals surface area contributed by atoms with Gasteiger partial charge in [-0.05, 0) is 24.6 Å². The zero-order valence-electron chi connectivity index (χ0n) is 11.2. The highest BCUT2D eigenvalue weighted by molar-refractivity contribution is 7.99. The van der Waals surface area contributed by atoms with Crippen LogP contribution in [0.5, 0.6) is 0 Å². The zero-order valence-corrected chi connectivity index (χ0v) is 12.8. The minimum atomic E-state index is -0.904. The van der Waals surface area contributed by atoms with Crippen LogP contribution in [0.1, 0.15) is 18.2 Å². The molecule has 5 nitrogen and oxygen atoms in total. The molecular formula is C14H12ClN3O2S. The van der Waals surface area contributed by atoms with Gasteiger partial charge in [-0.15, -0.1) is 0 Å². The Balaban J connectivity index is 2.49. The largest absolute Gasteiger partial charge is 0.481 e. The number of aryl methyl sites for hydroxylation is 1. The van der Waals surface area contributed by atoms with Crippen molar-refractivity contribution in [2.24, 2.45) is 0 Å². The second kappa shape index (κ2) is 6.66. The highest BCUT2D eigenvalue weighted by atomic mass is 35.5. The SMILES string of the molecule is CCc1cnc(SCC(=O)O)n1-c1ccc(C#N)cc1Cl. The molecule has 0 saturated carbocycles. The molecule has 0 saturated heterocycles. The lowest BCUT2D eigenvalue weighted by atomic mass is 10.2. The number of benzene rings is 1. The van der Waals surface area contributed by atoms with E-state index in [1.807, 2.05) is 17.6 Å². The predicted molar refractivity (Wildman–Crippen MR) is 81.0 cm³/mol. The Morgan fingerprint density at radius 2 is 2.33 bits per heavy atom. The van der Waals surface area contributed by atoms with Crippen molar-refractivity contribution < 1.29 is 9.90 Å². The fourth-order valence-corrected chi connectivity index (χ4v) is 2.85. The lowest BCUT2D eigenvalue weighted by molar-refractivity contribution is -0.133. The Labute approximate surface area is 131 Å². The van der Waals surface area contributed by atoms with Crippen LogP contribution in [0, 0.1) is 11.3 Å². The summed E-state index contributed by atoms with van der Waals surface area (Å²) >= 11 is 7.37. The Morgan fingerprint density at radius 1 is 1.57 bits per heavy atom. The molecule has 0 fully saturated rings. The molecule has 0 radical (unpaired) electrons. The number of carboxylic acids is 1. The van der Waals surface area contributed by atoms with E-state index in [1.54, 1.807) is 24.4 Å². The number of imidazole rings is 1. The standard InChI is InChI=1S/C14H12ClN3O2S/c1-2-10-7-17-14(21-8-13(19)20)18(10)12-4-3-9(6-16)5-11(12)15/h3-5,7H,2,8H2,1H3,(H,19,20). The van der Waals surface area contributed by atoms with Crippen molar-refractivity contribution in [1.29, 1.82) is 5.26 Å². The van der Waals surface area contributed by atoms with Crippen molar-refractivity contribution in [2.75, 3.05) is 5.75 Å². The van der Waals surface area contributed by atoms with E-state index in [1.165, 1.54) is 0 Å². The average molecular weight is 322 g/mol. The van der Waals surface area contributed by atoms with Gasteiger partial charge in [0.25, 0.3) is 0 Å². The van der Waals surface area contributed by atoms with E-state index in [0.29, 0.717) is 21.4 Å². The molecule has 0 aliphatic heterocycles. The lowest BCUT2D eigenvalue weighted by Gasteiger charge is -2.12. The van der Waals surface area contributed by atoms with Gasteiger partial charge in [-0.2, -0.15) is 5.26 Å². The lowest BCUT2D eigenvalue weighted by Crippen LogP contribution is -2.04. The first-order valence-electron chi connectivity index (χ1n) is 6.18. The van der Waals surface area contributed by atoms with Crippen LogP contribution in [0.15, 0.2) is 29.6 Å². The molecular weight excluding hydrogens is 310 g/mol. The third-order valence-electron chi connectivity index (χ3n) is 2.81. The smallest absolute Gasteiger partial charge is 0.313 e. The number of hydrogen-bond acceptors (Lipinski definition) is 4. The molecule has 1 aromatic heterocycles. The van der Waals surface area contributed by atoms with E-state index in [9.17, 15) is 4.79 Å². The number of aromatic nitrogens is 2. The maximum atomic E-state index is 10.7. The molecule has 0 spiro atoms. The molecule has 0 amide bonds. The Morgan fingerprint density at radius 3 is 2.90 bits per heavy atom. The highest BCUT2D eigenvalue weighted by Crippen LogP contribution is 2.29.